The Hall–Kier alpha value is -2.49. The summed E-state index contributed by atoms with van der Waals surface area (Å²) in [4.78, 5) is 27.6. The number of nitrogens with two attached hydrogens (primary N) is 1. The lowest BCUT2D eigenvalue weighted by Gasteiger charge is -2.03. The lowest BCUT2D eigenvalue weighted by molar-refractivity contribution is 0.0817. The molecule has 0 unspecified atom stereocenters. The van der Waals surface area contributed by atoms with Gasteiger partial charge in [-0.15, -0.1) is 0 Å². The molecule has 1 aromatic carbocycles. The Morgan fingerprint density at radius 1 is 1.00 bits per heavy atom. The van der Waals surface area contributed by atoms with Gasteiger partial charge >= 0.3 is 0 Å². The summed E-state index contributed by atoms with van der Waals surface area (Å²) in [7, 11) is 0. The first-order valence-electron chi connectivity index (χ1n) is 5.03. The molecule has 0 saturated heterocycles. The molecule has 84 valence electrons. The molecule has 0 spiro atoms. The zero-order chi connectivity index (χ0) is 12.3. The number of carbonyl (C=O) groups is 2. The van der Waals surface area contributed by atoms with Gasteiger partial charge in [0.25, 0.3) is 0 Å². The van der Waals surface area contributed by atoms with Crippen LogP contribution in [0.15, 0.2) is 48.8 Å². The second-order valence-electron chi connectivity index (χ2n) is 3.49. The predicted octanol–water partition coefficient (Wildman–Crippen LogP) is 1.73. The van der Waals surface area contributed by atoms with Crippen LogP contribution < -0.4 is 5.73 Å². The molecule has 0 bridgehead atoms. The summed E-state index contributed by atoms with van der Waals surface area (Å²) in [6, 6.07) is 9.65. The SMILES string of the molecule is Nc1ccccc1C(=O)C(=O)c1cccnc1. The molecule has 0 amide bonds. The molecular weight excluding hydrogens is 216 g/mol. The van der Waals surface area contributed by atoms with Crippen LogP contribution in [-0.4, -0.2) is 16.6 Å². The minimum absolute atomic E-state index is 0.223. The van der Waals surface area contributed by atoms with Gasteiger partial charge in [0.05, 0.1) is 0 Å². The van der Waals surface area contributed by atoms with Crippen LogP contribution in [0.4, 0.5) is 5.69 Å². The zero-order valence-electron chi connectivity index (χ0n) is 8.96. The molecule has 2 aromatic rings. The summed E-state index contributed by atoms with van der Waals surface area (Å²) in [5, 5.41) is 0. The van der Waals surface area contributed by atoms with Gasteiger partial charge in [0, 0.05) is 29.2 Å². The van der Waals surface area contributed by atoms with Crippen molar-refractivity contribution in [3.8, 4) is 0 Å². The number of rotatable bonds is 3. The van der Waals surface area contributed by atoms with Crippen molar-refractivity contribution in [1.82, 2.24) is 4.98 Å². The molecule has 0 fully saturated rings. The molecule has 17 heavy (non-hydrogen) atoms. The zero-order valence-corrected chi connectivity index (χ0v) is 8.96. The maximum absolute atomic E-state index is 11.9. The Bertz CT molecular complexity index is 565. The van der Waals surface area contributed by atoms with Gasteiger partial charge in [-0.3, -0.25) is 14.6 Å². The van der Waals surface area contributed by atoms with Crippen molar-refractivity contribution >= 4 is 17.3 Å². The summed E-state index contributed by atoms with van der Waals surface area (Å²) in [6.45, 7) is 0. The normalized spacial score (nSPS) is 9.88. The lowest BCUT2D eigenvalue weighted by atomic mass is 10.0. The van der Waals surface area contributed by atoms with Crippen LogP contribution in [0.2, 0.25) is 0 Å². The van der Waals surface area contributed by atoms with Crippen LogP contribution in [0, 0.1) is 0 Å². The van der Waals surface area contributed by atoms with Crippen molar-refractivity contribution in [3.05, 3.63) is 59.9 Å². The van der Waals surface area contributed by atoms with Gasteiger partial charge in [0.2, 0.25) is 11.6 Å². The van der Waals surface area contributed by atoms with Crippen LogP contribution in [-0.2, 0) is 0 Å². The summed E-state index contributed by atoms with van der Waals surface area (Å²) >= 11 is 0. The van der Waals surface area contributed by atoms with E-state index < -0.39 is 11.6 Å². The number of hydrogen-bond donors (Lipinski definition) is 1. The fourth-order valence-corrected chi connectivity index (χ4v) is 1.45. The number of nitrogens with zero attached hydrogens (tertiary/aromatic N) is 1. The first kappa shape index (κ1) is 11.0. The minimum Gasteiger partial charge on any atom is -0.398 e. The fourth-order valence-electron chi connectivity index (χ4n) is 1.45. The van der Waals surface area contributed by atoms with Crippen molar-refractivity contribution in [2.75, 3.05) is 5.73 Å². The third-order valence-corrected chi connectivity index (χ3v) is 2.34. The highest BCUT2D eigenvalue weighted by molar-refractivity contribution is 6.50. The molecule has 1 heterocycles. The van der Waals surface area contributed by atoms with Crippen LogP contribution in [0.3, 0.4) is 0 Å². The van der Waals surface area contributed by atoms with Crippen molar-refractivity contribution in [1.29, 1.82) is 0 Å². The summed E-state index contributed by atoms with van der Waals surface area (Å²) in [6.07, 6.45) is 2.90. The topological polar surface area (TPSA) is 73.1 Å². The van der Waals surface area contributed by atoms with Crippen molar-refractivity contribution in [2.45, 2.75) is 0 Å². The number of aromatic nitrogens is 1. The standard InChI is InChI=1S/C13H10N2O2/c14-11-6-2-1-5-10(11)13(17)12(16)9-4-3-7-15-8-9/h1-8H,14H2. The maximum atomic E-state index is 11.9. The molecule has 4 nitrogen and oxygen atoms in total. The van der Waals surface area contributed by atoms with E-state index in [-0.39, 0.29) is 11.1 Å². The summed E-state index contributed by atoms with van der Waals surface area (Å²) < 4.78 is 0. The van der Waals surface area contributed by atoms with Crippen LogP contribution in [0.1, 0.15) is 20.7 Å². The highest BCUT2D eigenvalue weighted by Crippen LogP contribution is 2.13. The van der Waals surface area contributed by atoms with Gasteiger partial charge in [0.1, 0.15) is 0 Å². The fraction of sp³-hybridized carbons (Fsp3) is 0. The Kier molecular flexibility index (Phi) is 2.96. The van der Waals surface area contributed by atoms with Crippen molar-refractivity contribution in [2.24, 2.45) is 0 Å². The molecule has 0 aliphatic heterocycles. The number of hydrogen-bond acceptors (Lipinski definition) is 4. The van der Waals surface area contributed by atoms with E-state index in [1.54, 1.807) is 30.3 Å². The van der Waals surface area contributed by atoms with E-state index in [1.807, 2.05) is 0 Å². The van der Waals surface area contributed by atoms with E-state index in [9.17, 15) is 9.59 Å². The van der Waals surface area contributed by atoms with E-state index in [0.29, 0.717) is 5.69 Å². The number of para-hydroxylation sites is 1. The number of ketones is 2. The second kappa shape index (κ2) is 4.57. The van der Waals surface area contributed by atoms with E-state index in [4.69, 9.17) is 5.73 Å². The predicted molar refractivity (Wildman–Crippen MR) is 63.8 cm³/mol. The van der Waals surface area contributed by atoms with Gasteiger partial charge in [-0.05, 0) is 24.3 Å². The van der Waals surface area contributed by atoms with Crippen molar-refractivity contribution < 1.29 is 9.59 Å². The molecule has 2 N–H and O–H groups in total. The monoisotopic (exact) mass is 226 g/mol. The largest absolute Gasteiger partial charge is 0.398 e. The molecule has 0 atom stereocenters. The summed E-state index contributed by atoms with van der Waals surface area (Å²) in [5.74, 6) is -1.22. The number of nitrogen functional groups attached to an aromatic ring is 1. The number of anilines is 1. The van der Waals surface area contributed by atoms with Gasteiger partial charge < -0.3 is 5.73 Å². The molecule has 0 aliphatic rings. The van der Waals surface area contributed by atoms with Gasteiger partial charge in [0.15, 0.2) is 0 Å². The molecule has 0 aliphatic carbocycles. The van der Waals surface area contributed by atoms with E-state index in [2.05, 4.69) is 4.98 Å². The molecule has 0 saturated carbocycles. The molecular formula is C13H10N2O2. The first-order chi connectivity index (χ1) is 8.20. The van der Waals surface area contributed by atoms with E-state index >= 15 is 0 Å². The van der Waals surface area contributed by atoms with Crippen LogP contribution in [0.5, 0.6) is 0 Å². The quantitative estimate of drug-likeness (QED) is 0.491. The molecule has 0 radical (unpaired) electrons. The van der Waals surface area contributed by atoms with Gasteiger partial charge in [-0.1, -0.05) is 12.1 Å². The number of benzene rings is 1. The highest BCUT2D eigenvalue weighted by Gasteiger charge is 2.19. The Balaban J connectivity index is 2.34. The van der Waals surface area contributed by atoms with Gasteiger partial charge in [-0.2, -0.15) is 0 Å². The summed E-state index contributed by atoms with van der Waals surface area (Å²) in [5.41, 5.74) is 6.44. The number of carbonyl (C=O) groups excluding carboxylic acids is 2. The van der Waals surface area contributed by atoms with Crippen LogP contribution in [0.25, 0.3) is 0 Å². The highest BCUT2D eigenvalue weighted by atomic mass is 16.2. The van der Waals surface area contributed by atoms with E-state index in [0.717, 1.165) is 0 Å². The van der Waals surface area contributed by atoms with E-state index in [1.165, 1.54) is 18.5 Å². The lowest BCUT2D eigenvalue weighted by Crippen LogP contribution is -2.16. The first-order valence-corrected chi connectivity index (χ1v) is 5.03. The Morgan fingerprint density at radius 3 is 2.41 bits per heavy atom. The molecule has 1 aromatic heterocycles. The average Bonchev–Trinajstić information content (AvgIpc) is 2.39. The smallest absolute Gasteiger partial charge is 0.235 e. The number of Topliss-reactive ketones (excluding diaryl/α,β-unsaturated/α-hetero) is 2. The third kappa shape index (κ3) is 2.20. The molecule has 4 heteroatoms. The van der Waals surface area contributed by atoms with Crippen LogP contribution >= 0.6 is 0 Å². The number of pyridine rings is 1. The average molecular weight is 226 g/mol. The van der Waals surface area contributed by atoms with Crippen molar-refractivity contribution in [3.63, 3.8) is 0 Å². The third-order valence-electron chi connectivity index (χ3n) is 2.34. The maximum Gasteiger partial charge on any atom is 0.235 e. The van der Waals surface area contributed by atoms with Gasteiger partial charge in [-0.25, -0.2) is 0 Å². The Labute approximate surface area is 98.1 Å². The Morgan fingerprint density at radius 2 is 1.76 bits per heavy atom. The second-order valence-corrected chi connectivity index (χ2v) is 3.49. The minimum atomic E-state index is -0.615. The molecule has 2 rings (SSSR count).